The number of H-pyrrole nitrogens is 1. The summed E-state index contributed by atoms with van der Waals surface area (Å²) in [6.07, 6.45) is 0. The van der Waals surface area contributed by atoms with E-state index in [1.165, 1.54) is 17.8 Å². The molecular formula is C22H18ClN3O3S. The maximum Gasteiger partial charge on any atom is 0.252 e. The Hall–Kier alpha value is -3.03. The fourth-order valence-electron chi connectivity index (χ4n) is 2.85. The number of thioether (sulfide) groups is 1. The highest BCUT2D eigenvalue weighted by atomic mass is 35.5. The molecule has 2 aromatic heterocycles. The summed E-state index contributed by atoms with van der Waals surface area (Å²) in [5.41, 5.74) is 2.82. The van der Waals surface area contributed by atoms with Crippen molar-refractivity contribution in [1.29, 1.82) is 0 Å². The summed E-state index contributed by atoms with van der Waals surface area (Å²) < 4.78 is 11.1. The van der Waals surface area contributed by atoms with Gasteiger partial charge in [-0.3, -0.25) is 4.79 Å². The Morgan fingerprint density at radius 2 is 1.90 bits per heavy atom. The minimum atomic E-state index is -0.218. The van der Waals surface area contributed by atoms with Gasteiger partial charge in [0.25, 0.3) is 5.56 Å². The lowest BCUT2D eigenvalue weighted by molar-refractivity contribution is 0.415. The van der Waals surface area contributed by atoms with Crippen LogP contribution in [-0.2, 0) is 5.75 Å². The van der Waals surface area contributed by atoms with E-state index in [0.717, 1.165) is 22.6 Å². The van der Waals surface area contributed by atoms with E-state index in [4.69, 9.17) is 20.8 Å². The van der Waals surface area contributed by atoms with E-state index in [1.54, 1.807) is 19.2 Å². The molecule has 0 saturated carbocycles. The topological polar surface area (TPSA) is 81.0 Å². The van der Waals surface area contributed by atoms with E-state index in [0.29, 0.717) is 33.3 Å². The number of hydrogen-bond donors (Lipinski definition) is 1. The van der Waals surface area contributed by atoms with Gasteiger partial charge in [0.15, 0.2) is 5.16 Å². The molecular weight excluding hydrogens is 422 g/mol. The van der Waals surface area contributed by atoms with Crippen molar-refractivity contribution in [3.05, 3.63) is 81.4 Å². The second kappa shape index (κ2) is 8.77. The van der Waals surface area contributed by atoms with Crippen LogP contribution < -0.4 is 10.3 Å². The molecule has 0 saturated heterocycles. The van der Waals surface area contributed by atoms with E-state index in [-0.39, 0.29) is 5.56 Å². The number of aromatic amines is 1. The molecule has 0 fully saturated rings. The van der Waals surface area contributed by atoms with Gasteiger partial charge in [0, 0.05) is 28.0 Å². The number of methoxy groups -OCH3 is 1. The predicted octanol–water partition coefficient (Wildman–Crippen LogP) is 5.35. The summed E-state index contributed by atoms with van der Waals surface area (Å²) in [5, 5.41) is 1.17. The highest BCUT2D eigenvalue weighted by Gasteiger charge is 2.13. The minimum Gasteiger partial charge on any atom is -0.497 e. The molecule has 0 atom stereocenters. The Labute approximate surface area is 182 Å². The zero-order chi connectivity index (χ0) is 21.1. The summed E-state index contributed by atoms with van der Waals surface area (Å²) in [6.45, 7) is 1.87. The van der Waals surface area contributed by atoms with Crippen LogP contribution in [0.1, 0.15) is 11.5 Å². The van der Waals surface area contributed by atoms with Crippen LogP contribution in [0.2, 0.25) is 5.02 Å². The first-order chi connectivity index (χ1) is 14.5. The molecule has 0 spiro atoms. The second-order valence-corrected chi connectivity index (χ2v) is 7.89. The second-order valence-electron chi connectivity index (χ2n) is 6.49. The van der Waals surface area contributed by atoms with Crippen molar-refractivity contribution >= 4 is 23.4 Å². The van der Waals surface area contributed by atoms with Gasteiger partial charge < -0.3 is 14.1 Å². The van der Waals surface area contributed by atoms with E-state index in [2.05, 4.69) is 15.0 Å². The average Bonchev–Trinajstić information content (AvgIpc) is 3.13. The number of aryl methyl sites for hydroxylation is 1. The van der Waals surface area contributed by atoms with Crippen molar-refractivity contribution in [1.82, 2.24) is 15.0 Å². The predicted molar refractivity (Wildman–Crippen MR) is 118 cm³/mol. The third-order valence-electron chi connectivity index (χ3n) is 4.41. The van der Waals surface area contributed by atoms with Gasteiger partial charge in [0.2, 0.25) is 5.89 Å². The van der Waals surface area contributed by atoms with Crippen molar-refractivity contribution in [2.45, 2.75) is 17.8 Å². The number of rotatable bonds is 6. The standard InChI is InChI=1S/C22H18ClN3O3S/c1-13-19(24-21(29-13)14-6-8-16(23)9-7-14)12-30-22-25-18(11-20(27)26-22)15-4-3-5-17(10-15)28-2/h3-11H,12H2,1-2H3,(H,25,26,27). The molecule has 0 aliphatic rings. The number of ether oxygens (including phenoxy) is 1. The molecule has 2 aromatic carbocycles. The number of nitrogens with zero attached hydrogens (tertiary/aromatic N) is 2. The summed E-state index contributed by atoms with van der Waals surface area (Å²) in [7, 11) is 1.60. The number of nitrogens with one attached hydrogen (secondary N) is 1. The average molecular weight is 440 g/mol. The van der Waals surface area contributed by atoms with Gasteiger partial charge >= 0.3 is 0 Å². The highest BCUT2D eigenvalue weighted by molar-refractivity contribution is 7.98. The van der Waals surface area contributed by atoms with Crippen LogP contribution in [0, 0.1) is 6.92 Å². The van der Waals surface area contributed by atoms with Crippen LogP contribution in [0.15, 0.2) is 69.0 Å². The quantitative estimate of drug-likeness (QED) is 0.322. The lowest BCUT2D eigenvalue weighted by atomic mass is 10.1. The number of benzene rings is 2. The van der Waals surface area contributed by atoms with Gasteiger partial charge in [-0.1, -0.05) is 35.5 Å². The third kappa shape index (κ3) is 4.58. The normalized spacial score (nSPS) is 10.9. The van der Waals surface area contributed by atoms with E-state index >= 15 is 0 Å². The number of hydrogen-bond acceptors (Lipinski definition) is 6. The van der Waals surface area contributed by atoms with Crippen molar-refractivity contribution in [3.63, 3.8) is 0 Å². The minimum absolute atomic E-state index is 0.218. The number of halogens is 1. The monoisotopic (exact) mass is 439 g/mol. The molecule has 30 heavy (non-hydrogen) atoms. The number of oxazole rings is 1. The first kappa shape index (κ1) is 20.3. The lowest BCUT2D eigenvalue weighted by Gasteiger charge is -2.06. The lowest BCUT2D eigenvalue weighted by Crippen LogP contribution is -2.08. The highest BCUT2D eigenvalue weighted by Crippen LogP contribution is 2.28. The van der Waals surface area contributed by atoms with Crippen LogP contribution in [0.3, 0.4) is 0 Å². The zero-order valence-corrected chi connectivity index (χ0v) is 17.9. The molecule has 8 heteroatoms. The maximum absolute atomic E-state index is 12.1. The summed E-state index contributed by atoms with van der Waals surface area (Å²) in [5.74, 6) is 2.47. The van der Waals surface area contributed by atoms with Crippen molar-refractivity contribution < 1.29 is 9.15 Å². The van der Waals surface area contributed by atoms with Crippen LogP contribution >= 0.6 is 23.4 Å². The smallest absolute Gasteiger partial charge is 0.252 e. The molecule has 0 amide bonds. The van der Waals surface area contributed by atoms with Crippen LogP contribution in [-0.4, -0.2) is 22.1 Å². The summed E-state index contributed by atoms with van der Waals surface area (Å²) in [6, 6.07) is 16.2. The molecule has 6 nitrogen and oxygen atoms in total. The molecule has 2 heterocycles. The summed E-state index contributed by atoms with van der Waals surface area (Å²) in [4.78, 5) is 24.1. The van der Waals surface area contributed by atoms with Crippen molar-refractivity contribution in [3.8, 4) is 28.5 Å². The maximum atomic E-state index is 12.1. The van der Waals surface area contributed by atoms with Crippen LogP contribution in [0.5, 0.6) is 5.75 Å². The van der Waals surface area contributed by atoms with E-state index in [1.807, 2.05) is 43.3 Å². The molecule has 4 rings (SSSR count). The molecule has 4 aromatic rings. The Morgan fingerprint density at radius 1 is 1.10 bits per heavy atom. The zero-order valence-electron chi connectivity index (χ0n) is 16.3. The van der Waals surface area contributed by atoms with Crippen molar-refractivity contribution in [2.75, 3.05) is 7.11 Å². The van der Waals surface area contributed by atoms with Gasteiger partial charge in [-0.05, 0) is 43.3 Å². The van der Waals surface area contributed by atoms with Crippen LogP contribution in [0.25, 0.3) is 22.7 Å². The Balaban J connectivity index is 1.55. The number of aromatic nitrogens is 3. The largest absolute Gasteiger partial charge is 0.497 e. The molecule has 0 aliphatic heterocycles. The molecule has 0 aliphatic carbocycles. The van der Waals surface area contributed by atoms with Gasteiger partial charge in [-0.2, -0.15) is 0 Å². The van der Waals surface area contributed by atoms with Gasteiger partial charge in [0.05, 0.1) is 18.5 Å². The Kier molecular flexibility index (Phi) is 5.92. The first-order valence-electron chi connectivity index (χ1n) is 9.12. The fraction of sp³-hybridized carbons (Fsp3) is 0.136. The van der Waals surface area contributed by atoms with E-state index < -0.39 is 0 Å². The molecule has 152 valence electrons. The molecule has 1 N–H and O–H groups in total. The van der Waals surface area contributed by atoms with Crippen LogP contribution in [0.4, 0.5) is 0 Å². The summed E-state index contributed by atoms with van der Waals surface area (Å²) >= 11 is 7.33. The first-order valence-corrected chi connectivity index (χ1v) is 10.5. The fourth-order valence-corrected chi connectivity index (χ4v) is 3.85. The molecule has 0 radical (unpaired) electrons. The SMILES string of the molecule is COc1cccc(-c2cc(=O)[nH]c(SCc3nc(-c4ccc(Cl)cc4)oc3C)n2)c1. The Morgan fingerprint density at radius 3 is 2.67 bits per heavy atom. The third-order valence-corrected chi connectivity index (χ3v) is 5.55. The Bertz CT molecular complexity index is 1240. The van der Waals surface area contributed by atoms with Crippen molar-refractivity contribution in [2.24, 2.45) is 0 Å². The molecule has 0 unspecified atom stereocenters. The van der Waals surface area contributed by atoms with Gasteiger partial charge in [0.1, 0.15) is 11.5 Å². The van der Waals surface area contributed by atoms with Gasteiger partial charge in [-0.25, -0.2) is 9.97 Å². The van der Waals surface area contributed by atoms with Gasteiger partial charge in [-0.15, -0.1) is 0 Å². The molecule has 0 bridgehead atoms. The van der Waals surface area contributed by atoms with E-state index in [9.17, 15) is 4.79 Å².